The van der Waals surface area contributed by atoms with Crippen molar-refractivity contribution in [2.45, 2.75) is 12.8 Å². The van der Waals surface area contributed by atoms with Gasteiger partial charge in [-0.25, -0.2) is 4.39 Å². The number of amides is 1. The first kappa shape index (κ1) is 12.8. The second-order valence-corrected chi connectivity index (χ2v) is 4.54. The first-order valence-corrected chi connectivity index (χ1v) is 6.07. The van der Waals surface area contributed by atoms with Crippen molar-refractivity contribution >= 4 is 11.6 Å². The monoisotopic (exact) mass is 252 g/mol. The number of nitrogens with two attached hydrogens (primary N) is 1. The Morgan fingerprint density at radius 3 is 2.78 bits per heavy atom. The van der Waals surface area contributed by atoms with Gasteiger partial charge in [-0.3, -0.25) is 4.79 Å². The third-order valence-electron chi connectivity index (χ3n) is 3.07. The number of benzene rings is 1. The molecule has 1 aliphatic rings. The summed E-state index contributed by atoms with van der Waals surface area (Å²) in [5.74, 6) is -0.340. The molecule has 1 fully saturated rings. The van der Waals surface area contributed by atoms with Gasteiger partial charge < -0.3 is 15.8 Å². The highest BCUT2D eigenvalue weighted by Crippen LogP contribution is 2.14. The molecular weight excluding hydrogens is 235 g/mol. The van der Waals surface area contributed by atoms with Crippen LogP contribution in [-0.4, -0.2) is 25.7 Å². The smallest absolute Gasteiger partial charge is 0.251 e. The molecule has 1 aromatic rings. The maximum Gasteiger partial charge on any atom is 0.251 e. The average Bonchev–Trinajstić information content (AvgIpc) is 2.36. The lowest BCUT2D eigenvalue weighted by Gasteiger charge is -2.22. The minimum atomic E-state index is -0.494. The van der Waals surface area contributed by atoms with E-state index in [1.165, 1.54) is 18.2 Å². The fourth-order valence-corrected chi connectivity index (χ4v) is 2.03. The van der Waals surface area contributed by atoms with Crippen molar-refractivity contribution in [3.8, 4) is 0 Å². The van der Waals surface area contributed by atoms with Crippen molar-refractivity contribution in [2.24, 2.45) is 5.92 Å². The molecule has 3 N–H and O–H groups in total. The number of carbonyl (C=O) groups excluding carboxylic acids is 1. The lowest BCUT2D eigenvalue weighted by Crippen LogP contribution is -2.32. The van der Waals surface area contributed by atoms with E-state index in [-0.39, 0.29) is 17.2 Å². The summed E-state index contributed by atoms with van der Waals surface area (Å²) in [6, 6.07) is 3.85. The summed E-state index contributed by atoms with van der Waals surface area (Å²) in [5.41, 5.74) is 6.02. The molecule has 1 heterocycles. The van der Waals surface area contributed by atoms with Crippen LogP contribution in [0, 0.1) is 11.7 Å². The van der Waals surface area contributed by atoms with Crippen molar-refractivity contribution < 1.29 is 13.9 Å². The van der Waals surface area contributed by atoms with E-state index in [0.29, 0.717) is 12.5 Å². The highest BCUT2D eigenvalue weighted by Gasteiger charge is 2.15. The number of anilines is 1. The standard InChI is InChI=1S/C13H17FN2O2/c14-11-5-10(6-12(15)7-11)13(17)16-8-9-1-3-18-4-2-9/h5-7,9H,1-4,8,15H2,(H,16,17). The van der Waals surface area contributed by atoms with Crippen molar-refractivity contribution in [1.82, 2.24) is 5.32 Å². The molecule has 0 spiro atoms. The lowest BCUT2D eigenvalue weighted by atomic mass is 10.0. The summed E-state index contributed by atoms with van der Waals surface area (Å²) < 4.78 is 18.4. The summed E-state index contributed by atoms with van der Waals surface area (Å²) in [6.45, 7) is 2.08. The Morgan fingerprint density at radius 2 is 2.11 bits per heavy atom. The van der Waals surface area contributed by atoms with Gasteiger partial charge in [-0.05, 0) is 37.0 Å². The van der Waals surface area contributed by atoms with Gasteiger partial charge in [0.05, 0.1) is 0 Å². The van der Waals surface area contributed by atoms with Crippen molar-refractivity contribution in [3.63, 3.8) is 0 Å². The van der Waals surface area contributed by atoms with Gasteiger partial charge in [-0.2, -0.15) is 0 Å². The number of carbonyl (C=O) groups is 1. The van der Waals surface area contributed by atoms with E-state index in [0.717, 1.165) is 26.1 Å². The fourth-order valence-electron chi connectivity index (χ4n) is 2.03. The van der Waals surface area contributed by atoms with Crippen LogP contribution in [0.3, 0.4) is 0 Å². The molecule has 0 unspecified atom stereocenters. The zero-order chi connectivity index (χ0) is 13.0. The van der Waals surface area contributed by atoms with E-state index in [9.17, 15) is 9.18 Å². The fraction of sp³-hybridized carbons (Fsp3) is 0.462. The van der Waals surface area contributed by atoms with Gasteiger partial charge in [-0.1, -0.05) is 0 Å². The molecule has 1 saturated heterocycles. The molecule has 0 bridgehead atoms. The molecule has 0 saturated carbocycles. The van der Waals surface area contributed by atoms with Gasteiger partial charge in [0.25, 0.3) is 5.91 Å². The zero-order valence-electron chi connectivity index (χ0n) is 10.1. The lowest BCUT2D eigenvalue weighted by molar-refractivity contribution is 0.0642. The van der Waals surface area contributed by atoms with Gasteiger partial charge in [0.2, 0.25) is 0 Å². The van der Waals surface area contributed by atoms with Crippen LogP contribution in [0.2, 0.25) is 0 Å². The van der Waals surface area contributed by atoms with E-state index in [4.69, 9.17) is 10.5 Å². The normalized spacial score (nSPS) is 16.5. The Hall–Kier alpha value is -1.62. The van der Waals surface area contributed by atoms with Crippen LogP contribution in [0.5, 0.6) is 0 Å². The van der Waals surface area contributed by atoms with Crippen LogP contribution in [0.25, 0.3) is 0 Å². The maximum absolute atomic E-state index is 13.1. The molecular formula is C13H17FN2O2. The number of halogens is 1. The Kier molecular flexibility index (Phi) is 4.15. The van der Waals surface area contributed by atoms with Crippen LogP contribution in [-0.2, 0) is 4.74 Å². The van der Waals surface area contributed by atoms with Gasteiger partial charge in [-0.15, -0.1) is 0 Å². The Balaban J connectivity index is 1.90. The number of hydrogen-bond donors (Lipinski definition) is 2. The molecule has 1 amide bonds. The molecule has 4 nitrogen and oxygen atoms in total. The van der Waals surface area contributed by atoms with Crippen LogP contribution >= 0.6 is 0 Å². The number of ether oxygens (including phenoxy) is 1. The molecule has 0 radical (unpaired) electrons. The van der Waals surface area contributed by atoms with Crippen LogP contribution in [0.4, 0.5) is 10.1 Å². The van der Waals surface area contributed by atoms with Crippen molar-refractivity contribution in [1.29, 1.82) is 0 Å². The van der Waals surface area contributed by atoms with Crippen molar-refractivity contribution in [2.75, 3.05) is 25.5 Å². The first-order chi connectivity index (χ1) is 8.65. The van der Waals surface area contributed by atoms with Gasteiger partial charge in [0, 0.05) is 31.0 Å². The largest absolute Gasteiger partial charge is 0.399 e. The van der Waals surface area contributed by atoms with Crippen LogP contribution < -0.4 is 11.1 Å². The van der Waals surface area contributed by atoms with E-state index >= 15 is 0 Å². The number of nitrogen functional groups attached to an aromatic ring is 1. The third kappa shape index (κ3) is 3.43. The predicted octanol–water partition coefficient (Wildman–Crippen LogP) is 1.56. The maximum atomic E-state index is 13.1. The van der Waals surface area contributed by atoms with Gasteiger partial charge in [0.1, 0.15) is 5.82 Å². The zero-order valence-corrected chi connectivity index (χ0v) is 10.1. The highest BCUT2D eigenvalue weighted by atomic mass is 19.1. The number of rotatable bonds is 3. The molecule has 0 atom stereocenters. The van der Waals surface area contributed by atoms with E-state index in [2.05, 4.69) is 5.32 Å². The molecule has 5 heteroatoms. The minimum Gasteiger partial charge on any atom is -0.399 e. The molecule has 0 aromatic heterocycles. The first-order valence-electron chi connectivity index (χ1n) is 6.07. The average molecular weight is 252 g/mol. The second-order valence-electron chi connectivity index (χ2n) is 4.54. The number of hydrogen-bond acceptors (Lipinski definition) is 3. The van der Waals surface area contributed by atoms with Crippen LogP contribution in [0.15, 0.2) is 18.2 Å². The molecule has 2 rings (SSSR count). The van der Waals surface area contributed by atoms with Crippen LogP contribution in [0.1, 0.15) is 23.2 Å². The van der Waals surface area contributed by atoms with Crippen molar-refractivity contribution in [3.05, 3.63) is 29.6 Å². The minimum absolute atomic E-state index is 0.256. The summed E-state index contributed by atoms with van der Waals surface area (Å²) in [6.07, 6.45) is 1.90. The van der Waals surface area contributed by atoms with E-state index in [1.54, 1.807) is 0 Å². The summed E-state index contributed by atoms with van der Waals surface area (Å²) in [5, 5.41) is 2.81. The topological polar surface area (TPSA) is 64.4 Å². The third-order valence-corrected chi connectivity index (χ3v) is 3.07. The molecule has 0 aliphatic carbocycles. The molecule has 1 aliphatic heterocycles. The quantitative estimate of drug-likeness (QED) is 0.802. The summed E-state index contributed by atoms with van der Waals surface area (Å²) in [4.78, 5) is 11.8. The van der Waals surface area contributed by atoms with E-state index < -0.39 is 5.82 Å². The Morgan fingerprint density at radius 1 is 1.39 bits per heavy atom. The number of nitrogens with one attached hydrogen (secondary N) is 1. The SMILES string of the molecule is Nc1cc(F)cc(C(=O)NCC2CCOCC2)c1. The predicted molar refractivity (Wildman–Crippen MR) is 66.7 cm³/mol. The second kappa shape index (κ2) is 5.82. The molecule has 98 valence electrons. The van der Waals surface area contributed by atoms with Gasteiger partial charge >= 0.3 is 0 Å². The Bertz CT molecular complexity index is 411. The molecule has 18 heavy (non-hydrogen) atoms. The van der Waals surface area contributed by atoms with Gasteiger partial charge in [0.15, 0.2) is 0 Å². The summed E-state index contributed by atoms with van der Waals surface area (Å²) in [7, 11) is 0. The summed E-state index contributed by atoms with van der Waals surface area (Å²) >= 11 is 0. The molecule has 1 aromatic carbocycles. The Labute approximate surface area is 105 Å². The van der Waals surface area contributed by atoms with E-state index in [1.807, 2.05) is 0 Å². The highest BCUT2D eigenvalue weighted by molar-refractivity contribution is 5.95.